The van der Waals surface area contributed by atoms with E-state index < -0.39 is 18.1 Å². The molecule has 0 aliphatic heterocycles. The van der Waals surface area contributed by atoms with Crippen LogP contribution in [0.2, 0.25) is 0 Å². The first-order chi connectivity index (χ1) is 12.7. The third-order valence-electron chi connectivity index (χ3n) is 3.83. The van der Waals surface area contributed by atoms with Crippen LogP contribution in [0, 0.1) is 0 Å². The summed E-state index contributed by atoms with van der Waals surface area (Å²) in [5.41, 5.74) is 1.49. The van der Waals surface area contributed by atoms with Crippen LogP contribution in [0.5, 0.6) is 0 Å². The molecule has 0 aliphatic carbocycles. The van der Waals surface area contributed by atoms with Crippen molar-refractivity contribution in [2.45, 2.75) is 25.5 Å². The summed E-state index contributed by atoms with van der Waals surface area (Å²) in [7, 11) is 1.33. The zero-order valence-electron chi connectivity index (χ0n) is 14.6. The summed E-state index contributed by atoms with van der Waals surface area (Å²) in [5, 5.41) is 0. The summed E-state index contributed by atoms with van der Waals surface area (Å²) in [6, 6.07) is 17.8. The molecule has 1 amide bonds. The van der Waals surface area contributed by atoms with E-state index in [0.717, 1.165) is 16.4 Å². The monoisotopic (exact) mass is 467 g/mol. The van der Waals surface area contributed by atoms with Crippen LogP contribution in [0.25, 0.3) is 0 Å². The number of carbonyl (C=O) groups is 2. The average molecular weight is 467 g/mol. The zero-order valence-corrected chi connectivity index (χ0v) is 16.8. The Bertz CT molecular complexity index is 693. The molecule has 0 aliphatic rings. The van der Waals surface area contributed by atoms with Gasteiger partial charge in [0, 0.05) is 5.69 Å². The minimum atomic E-state index is -0.722. The molecule has 0 radical (unpaired) electrons. The Morgan fingerprint density at radius 1 is 1.04 bits per heavy atom. The first kappa shape index (κ1) is 20.2. The van der Waals surface area contributed by atoms with Crippen LogP contribution in [-0.2, 0) is 20.9 Å². The number of hydrogen-bond acceptors (Lipinski definition) is 4. The molecular formula is C20H22INO4. The topological polar surface area (TPSA) is 55.8 Å². The number of anilines is 1. The van der Waals surface area contributed by atoms with E-state index in [1.165, 1.54) is 12.0 Å². The minimum Gasteiger partial charge on any atom is -0.467 e. The number of nitrogens with zero attached hydrogens (tertiary/aromatic N) is 1. The van der Waals surface area contributed by atoms with Crippen molar-refractivity contribution in [3.8, 4) is 0 Å². The standard InChI is InChI=1S/C20H22INO4/c1-25-19(23)18(13-8-14-21)22(17-11-6-3-7-12-17)20(24)26-15-16-9-4-2-5-10-16/h2-7,9-12,18H,8,13-15H2,1H3/t18-/m0/s1. The summed E-state index contributed by atoms with van der Waals surface area (Å²) in [5.74, 6) is -0.449. The normalized spacial score (nSPS) is 11.5. The van der Waals surface area contributed by atoms with Crippen LogP contribution < -0.4 is 4.90 Å². The molecule has 26 heavy (non-hydrogen) atoms. The van der Waals surface area contributed by atoms with Gasteiger partial charge in [-0.25, -0.2) is 9.59 Å². The Morgan fingerprint density at radius 3 is 2.23 bits per heavy atom. The van der Waals surface area contributed by atoms with E-state index in [2.05, 4.69) is 22.6 Å². The van der Waals surface area contributed by atoms with Crippen molar-refractivity contribution >= 4 is 40.3 Å². The lowest BCUT2D eigenvalue weighted by Gasteiger charge is -2.29. The van der Waals surface area contributed by atoms with E-state index in [0.29, 0.717) is 12.1 Å². The first-order valence-corrected chi connectivity index (χ1v) is 9.88. The lowest BCUT2D eigenvalue weighted by Crippen LogP contribution is -2.46. The molecule has 6 heteroatoms. The fraction of sp³-hybridized carbons (Fsp3) is 0.300. The average Bonchev–Trinajstić information content (AvgIpc) is 2.70. The molecule has 2 aromatic rings. The van der Waals surface area contributed by atoms with Gasteiger partial charge in [-0.3, -0.25) is 4.90 Å². The zero-order chi connectivity index (χ0) is 18.8. The first-order valence-electron chi connectivity index (χ1n) is 8.36. The molecule has 0 fully saturated rings. The molecule has 0 spiro atoms. The van der Waals surface area contributed by atoms with Crippen molar-refractivity contribution in [3.05, 3.63) is 66.2 Å². The van der Waals surface area contributed by atoms with Gasteiger partial charge in [-0.2, -0.15) is 0 Å². The molecule has 0 saturated carbocycles. The minimum absolute atomic E-state index is 0.142. The molecule has 0 saturated heterocycles. The van der Waals surface area contributed by atoms with E-state index in [-0.39, 0.29) is 6.61 Å². The van der Waals surface area contributed by atoms with Crippen LogP contribution in [0.15, 0.2) is 60.7 Å². The molecule has 0 N–H and O–H groups in total. The maximum Gasteiger partial charge on any atom is 0.415 e. The fourth-order valence-corrected chi connectivity index (χ4v) is 2.99. The Labute approximate surface area is 167 Å². The number of para-hydroxylation sites is 1. The highest BCUT2D eigenvalue weighted by Crippen LogP contribution is 2.22. The molecular weight excluding hydrogens is 445 g/mol. The van der Waals surface area contributed by atoms with Crippen LogP contribution in [0.3, 0.4) is 0 Å². The van der Waals surface area contributed by atoms with Gasteiger partial charge >= 0.3 is 12.1 Å². The number of benzene rings is 2. The summed E-state index contributed by atoms with van der Waals surface area (Å²) in [6.07, 6.45) is 0.726. The molecule has 2 aromatic carbocycles. The van der Waals surface area contributed by atoms with Gasteiger partial charge in [0.2, 0.25) is 0 Å². The Balaban J connectivity index is 2.24. The van der Waals surface area contributed by atoms with E-state index in [4.69, 9.17) is 9.47 Å². The van der Waals surface area contributed by atoms with Crippen LogP contribution in [0.1, 0.15) is 18.4 Å². The van der Waals surface area contributed by atoms with E-state index in [1.807, 2.05) is 48.5 Å². The number of rotatable bonds is 8. The lowest BCUT2D eigenvalue weighted by molar-refractivity contribution is -0.142. The maximum absolute atomic E-state index is 12.8. The summed E-state index contributed by atoms with van der Waals surface area (Å²) >= 11 is 2.25. The van der Waals surface area contributed by atoms with Gasteiger partial charge in [-0.1, -0.05) is 71.1 Å². The number of alkyl halides is 1. The van der Waals surface area contributed by atoms with Gasteiger partial charge in [0.25, 0.3) is 0 Å². The molecule has 1 atom stereocenters. The molecule has 0 heterocycles. The van der Waals surface area contributed by atoms with Crippen molar-refractivity contribution in [1.82, 2.24) is 0 Å². The van der Waals surface area contributed by atoms with Crippen LogP contribution in [0.4, 0.5) is 10.5 Å². The smallest absolute Gasteiger partial charge is 0.415 e. The van der Waals surface area contributed by atoms with E-state index >= 15 is 0 Å². The molecule has 0 bridgehead atoms. The number of carbonyl (C=O) groups excluding carboxylic acids is 2. The van der Waals surface area contributed by atoms with Crippen molar-refractivity contribution in [1.29, 1.82) is 0 Å². The largest absolute Gasteiger partial charge is 0.467 e. The van der Waals surface area contributed by atoms with E-state index in [1.54, 1.807) is 12.1 Å². The Morgan fingerprint density at radius 2 is 1.65 bits per heavy atom. The predicted molar refractivity (Wildman–Crippen MR) is 109 cm³/mol. The van der Waals surface area contributed by atoms with Gasteiger partial charge in [-0.05, 0) is 35.0 Å². The van der Waals surface area contributed by atoms with Gasteiger partial charge in [0.15, 0.2) is 0 Å². The maximum atomic E-state index is 12.8. The third kappa shape index (κ3) is 5.72. The molecule has 2 rings (SSSR count). The van der Waals surface area contributed by atoms with Crippen molar-refractivity contribution in [2.75, 3.05) is 16.4 Å². The SMILES string of the molecule is COC(=O)[C@H](CCCI)N(C(=O)OCc1ccccc1)c1ccccc1. The van der Waals surface area contributed by atoms with Gasteiger partial charge in [-0.15, -0.1) is 0 Å². The van der Waals surface area contributed by atoms with Crippen LogP contribution in [-0.4, -0.2) is 29.6 Å². The van der Waals surface area contributed by atoms with Crippen LogP contribution >= 0.6 is 22.6 Å². The second-order valence-corrected chi connectivity index (χ2v) is 6.69. The summed E-state index contributed by atoms with van der Waals surface area (Å²) in [4.78, 5) is 26.6. The van der Waals surface area contributed by atoms with Gasteiger partial charge < -0.3 is 9.47 Å². The predicted octanol–water partition coefficient (Wildman–Crippen LogP) is 4.59. The highest BCUT2D eigenvalue weighted by molar-refractivity contribution is 14.1. The number of amides is 1. The highest BCUT2D eigenvalue weighted by Gasteiger charge is 2.32. The summed E-state index contributed by atoms with van der Waals surface area (Å²) < 4.78 is 11.3. The molecule has 0 aromatic heterocycles. The van der Waals surface area contributed by atoms with Crippen molar-refractivity contribution < 1.29 is 19.1 Å². The third-order valence-corrected chi connectivity index (χ3v) is 4.60. The highest BCUT2D eigenvalue weighted by atomic mass is 127. The Kier molecular flexibility index (Phi) is 8.40. The lowest BCUT2D eigenvalue weighted by atomic mass is 10.1. The molecule has 0 unspecified atom stereocenters. The second kappa shape index (κ2) is 10.8. The molecule has 5 nitrogen and oxygen atoms in total. The molecule has 138 valence electrons. The summed E-state index contributed by atoms with van der Waals surface area (Å²) in [6.45, 7) is 0.142. The van der Waals surface area contributed by atoms with Gasteiger partial charge in [0.1, 0.15) is 12.6 Å². The number of halogens is 1. The second-order valence-electron chi connectivity index (χ2n) is 5.62. The Hall–Kier alpha value is -2.09. The quantitative estimate of drug-likeness (QED) is 0.324. The number of methoxy groups -OCH3 is 1. The fourth-order valence-electron chi connectivity index (χ4n) is 2.55. The van der Waals surface area contributed by atoms with Crippen molar-refractivity contribution in [2.24, 2.45) is 0 Å². The number of hydrogen-bond donors (Lipinski definition) is 0. The van der Waals surface area contributed by atoms with Crippen molar-refractivity contribution in [3.63, 3.8) is 0 Å². The number of ether oxygens (including phenoxy) is 2. The number of esters is 1. The van der Waals surface area contributed by atoms with E-state index in [9.17, 15) is 9.59 Å². The van der Waals surface area contributed by atoms with Gasteiger partial charge in [0.05, 0.1) is 7.11 Å².